The third-order valence-corrected chi connectivity index (χ3v) is 4.33. The summed E-state index contributed by atoms with van der Waals surface area (Å²) in [6.07, 6.45) is 6.86. The van der Waals surface area contributed by atoms with E-state index in [-0.39, 0.29) is 11.5 Å². The summed E-state index contributed by atoms with van der Waals surface area (Å²) >= 11 is 0. The zero-order valence-corrected chi connectivity index (χ0v) is 15.2. The van der Waals surface area contributed by atoms with E-state index in [1.807, 2.05) is 0 Å². The van der Waals surface area contributed by atoms with E-state index in [2.05, 4.69) is 16.1 Å². The van der Waals surface area contributed by atoms with Crippen molar-refractivity contribution in [2.75, 3.05) is 13.7 Å². The summed E-state index contributed by atoms with van der Waals surface area (Å²) in [7, 11) is 1.29. The number of amides is 1. The third-order valence-electron chi connectivity index (χ3n) is 4.33. The van der Waals surface area contributed by atoms with E-state index in [1.165, 1.54) is 56.7 Å². The Morgan fingerprint density at radius 3 is 2.31 bits per heavy atom. The fourth-order valence-corrected chi connectivity index (χ4v) is 2.76. The molecule has 6 heteroatoms. The first-order chi connectivity index (χ1) is 12.5. The molecule has 0 saturated carbocycles. The number of ether oxygens (including phenoxy) is 2. The smallest absolute Gasteiger partial charge is 0.338 e. The lowest BCUT2D eigenvalue weighted by Crippen LogP contribution is -2.36. The number of esters is 2. The largest absolute Gasteiger partial charge is 0.465 e. The number of benzene rings is 1. The van der Waals surface area contributed by atoms with Crippen molar-refractivity contribution in [1.82, 2.24) is 5.32 Å². The summed E-state index contributed by atoms with van der Waals surface area (Å²) in [5.74, 6) is -1.41. The molecule has 140 valence electrons. The molecule has 26 heavy (non-hydrogen) atoms. The van der Waals surface area contributed by atoms with Gasteiger partial charge in [-0.1, -0.05) is 11.6 Å². The van der Waals surface area contributed by atoms with E-state index >= 15 is 0 Å². The minimum atomic E-state index is -0.886. The van der Waals surface area contributed by atoms with Crippen LogP contribution in [0.15, 0.2) is 35.9 Å². The molecule has 0 heterocycles. The van der Waals surface area contributed by atoms with Crippen molar-refractivity contribution < 1.29 is 23.9 Å². The van der Waals surface area contributed by atoms with Crippen LogP contribution < -0.4 is 5.32 Å². The lowest BCUT2D eigenvalue weighted by molar-refractivity contribution is -0.129. The molecule has 0 unspecified atom stereocenters. The van der Waals surface area contributed by atoms with Gasteiger partial charge in [-0.3, -0.25) is 4.79 Å². The molecule has 0 aliphatic heterocycles. The first-order valence-corrected chi connectivity index (χ1v) is 8.86. The van der Waals surface area contributed by atoms with Crippen LogP contribution in [0.3, 0.4) is 0 Å². The van der Waals surface area contributed by atoms with E-state index in [4.69, 9.17) is 4.74 Å². The van der Waals surface area contributed by atoms with Gasteiger partial charge in [0, 0.05) is 6.54 Å². The molecule has 1 atom stereocenters. The Labute approximate surface area is 153 Å². The van der Waals surface area contributed by atoms with E-state index in [9.17, 15) is 14.4 Å². The molecule has 0 fully saturated rings. The van der Waals surface area contributed by atoms with Crippen LogP contribution in [0.2, 0.25) is 0 Å². The summed E-state index contributed by atoms with van der Waals surface area (Å²) in [5.41, 5.74) is 1.99. The molecule has 2 rings (SSSR count). The molecule has 0 bridgehead atoms. The van der Waals surface area contributed by atoms with Crippen molar-refractivity contribution in [3.63, 3.8) is 0 Å². The molecule has 6 nitrogen and oxygen atoms in total. The van der Waals surface area contributed by atoms with Crippen molar-refractivity contribution in [3.05, 3.63) is 47.0 Å². The summed E-state index contributed by atoms with van der Waals surface area (Å²) in [5, 5.41) is 2.80. The topological polar surface area (TPSA) is 81.7 Å². The number of allylic oxidation sites excluding steroid dienone is 1. The highest BCUT2D eigenvalue weighted by molar-refractivity contribution is 5.94. The highest BCUT2D eigenvalue weighted by atomic mass is 16.5. The SMILES string of the molecule is COC(=O)c1ccc(C(=O)O[C@H](C)C(=O)NCCC2=CCCCC2)cc1. The maximum Gasteiger partial charge on any atom is 0.338 e. The first kappa shape index (κ1) is 19.7. The maximum absolute atomic E-state index is 12.1. The van der Waals surface area contributed by atoms with Gasteiger partial charge in [0.15, 0.2) is 6.10 Å². The van der Waals surface area contributed by atoms with Gasteiger partial charge in [-0.25, -0.2) is 9.59 Å². The predicted octanol–water partition coefficient (Wildman–Crippen LogP) is 3.03. The maximum atomic E-state index is 12.1. The van der Waals surface area contributed by atoms with Crippen LogP contribution in [0.25, 0.3) is 0 Å². The van der Waals surface area contributed by atoms with Crippen molar-refractivity contribution in [3.8, 4) is 0 Å². The van der Waals surface area contributed by atoms with E-state index in [0.717, 1.165) is 19.3 Å². The van der Waals surface area contributed by atoms with Crippen molar-refractivity contribution >= 4 is 17.8 Å². The number of carbonyl (C=O) groups excluding carboxylic acids is 3. The van der Waals surface area contributed by atoms with Crippen LogP contribution in [0.1, 0.15) is 59.7 Å². The second kappa shape index (κ2) is 9.75. The van der Waals surface area contributed by atoms with E-state index < -0.39 is 18.0 Å². The summed E-state index contributed by atoms with van der Waals surface area (Å²) in [6.45, 7) is 2.08. The van der Waals surface area contributed by atoms with Gasteiger partial charge < -0.3 is 14.8 Å². The Balaban J connectivity index is 1.79. The Bertz CT molecular complexity index is 678. The van der Waals surface area contributed by atoms with E-state index in [0.29, 0.717) is 12.1 Å². The Morgan fingerprint density at radius 2 is 1.73 bits per heavy atom. The lowest BCUT2D eigenvalue weighted by Gasteiger charge is -2.15. The third kappa shape index (κ3) is 5.72. The van der Waals surface area contributed by atoms with Crippen molar-refractivity contribution in [2.45, 2.75) is 45.1 Å². The summed E-state index contributed by atoms with van der Waals surface area (Å²) in [4.78, 5) is 35.5. The molecule has 0 radical (unpaired) electrons. The van der Waals surface area contributed by atoms with E-state index in [1.54, 1.807) is 0 Å². The normalized spacial score (nSPS) is 14.8. The standard InChI is InChI=1S/C20H25NO5/c1-14(18(22)21-13-12-15-6-4-3-5-7-15)26-20(24)17-10-8-16(9-11-17)19(23)25-2/h6,8-11,14H,3-5,7,12-13H2,1-2H3,(H,21,22)/t14-/m1/s1. The van der Waals surface area contributed by atoms with Gasteiger partial charge in [0.2, 0.25) is 0 Å². The zero-order chi connectivity index (χ0) is 18.9. The molecule has 1 amide bonds. The van der Waals surface area contributed by atoms with Crippen molar-refractivity contribution in [2.24, 2.45) is 0 Å². The molecule has 0 saturated heterocycles. The van der Waals surface area contributed by atoms with Gasteiger partial charge in [0.05, 0.1) is 18.2 Å². The average Bonchev–Trinajstić information content (AvgIpc) is 2.68. The van der Waals surface area contributed by atoms with Crippen LogP contribution in [0, 0.1) is 0 Å². The molecule has 1 aliphatic rings. The van der Waals surface area contributed by atoms with Crippen LogP contribution >= 0.6 is 0 Å². The quantitative estimate of drug-likeness (QED) is 0.598. The fourth-order valence-electron chi connectivity index (χ4n) is 2.76. The second-order valence-corrected chi connectivity index (χ2v) is 6.27. The van der Waals surface area contributed by atoms with Gasteiger partial charge >= 0.3 is 11.9 Å². The van der Waals surface area contributed by atoms with Gasteiger partial charge in [0.1, 0.15) is 0 Å². The van der Waals surface area contributed by atoms with Gasteiger partial charge in [-0.15, -0.1) is 0 Å². The molecule has 0 spiro atoms. The summed E-state index contributed by atoms with van der Waals surface area (Å²) in [6, 6.07) is 5.89. The lowest BCUT2D eigenvalue weighted by atomic mass is 9.97. The minimum Gasteiger partial charge on any atom is -0.465 e. The average molecular weight is 359 g/mol. The van der Waals surface area contributed by atoms with Crippen LogP contribution in [0.4, 0.5) is 0 Å². The minimum absolute atomic E-state index is 0.268. The zero-order valence-electron chi connectivity index (χ0n) is 15.2. The predicted molar refractivity (Wildman–Crippen MR) is 96.8 cm³/mol. The number of methoxy groups -OCH3 is 1. The highest BCUT2D eigenvalue weighted by Crippen LogP contribution is 2.19. The molecular formula is C20H25NO5. The number of carbonyl (C=O) groups is 3. The van der Waals surface area contributed by atoms with Crippen molar-refractivity contribution in [1.29, 1.82) is 0 Å². The number of rotatable bonds is 7. The Kier molecular flexibility index (Phi) is 7.38. The molecular weight excluding hydrogens is 334 g/mol. The molecule has 1 aliphatic carbocycles. The number of hydrogen-bond acceptors (Lipinski definition) is 5. The summed E-state index contributed by atoms with van der Waals surface area (Å²) < 4.78 is 9.79. The molecule has 1 N–H and O–H groups in total. The number of hydrogen-bond donors (Lipinski definition) is 1. The molecule has 1 aromatic rings. The Morgan fingerprint density at radius 1 is 1.08 bits per heavy atom. The number of nitrogens with one attached hydrogen (secondary N) is 1. The van der Waals surface area contributed by atoms with Gasteiger partial charge in [0.25, 0.3) is 5.91 Å². The second-order valence-electron chi connectivity index (χ2n) is 6.27. The highest BCUT2D eigenvalue weighted by Gasteiger charge is 2.19. The molecule has 1 aromatic carbocycles. The monoisotopic (exact) mass is 359 g/mol. The van der Waals surface area contributed by atoms with Gasteiger partial charge in [-0.05, 0) is 63.3 Å². The first-order valence-electron chi connectivity index (χ1n) is 8.86. The van der Waals surface area contributed by atoms with Crippen LogP contribution in [-0.4, -0.2) is 37.6 Å². The van der Waals surface area contributed by atoms with Crippen LogP contribution in [0.5, 0.6) is 0 Å². The Hall–Kier alpha value is -2.63. The van der Waals surface area contributed by atoms with Gasteiger partial charge in [-0.2, -0.15) is 0 Å². The van der Waals surface area contributed by atoms with Crippen LogP contribution in [-0.2, 0) is 14.3 Å². The molecule has 0 aromatic heterocycles. The fraction of sp³-hybridized carbons (Fsp3) is 0.450.